The third kappa shape index (κ3) is 2.26. The molecular weight excluding hydrogens is 210 g/mol. The van der Waals surface area contributed by atoms with Gasteiger partial charge in [0.25, 0.3) is 5.91 Å². The van der Waals surface area contributed by atoms with Crippen LogP contribution in [-0.4, -0.2) is 12.5 Å². The zero-order valence-electron chi connectivity index (χ0n) is 10.9. The number of benzene rings is 1. The first-order valence-electron chi connectivity index (χ1n) is 6.09. The molecule has 1 N–H and O–H groups in total. The van der Waals surface area contributed by atoms with E-state index < -0.39 is 0 Å². The van der Waals surface area contributed by atoms with E-state index in [2.05, 4.69) is 38.2 Å². The van der Waals surface area contributed by atoms with Gasteiger partial charge in [0.2, 0.25) is 0 Å². The molecule has 0 fully saturated rings. The fraction of sp³-hybridized carbons (Fsp3) is 0.400. The Hall–Kier alpha value is -1.57. The molecule has 1 heterocycles. The van der Waals surface area contributed by atoms with Gasteiger partial charge in [-0.3, -0.25) is 4.79 Å². The molecule has 90 valence electrons. The molecule has 1 aromatic carbocycles. The second-order valence-corrected chi connectivity index (χ2v) is 5.14. The van der Waals surface area contributed by atoms with Crippen LogP contribution in [0.3, 0.4) is 0 Å². The molecule has 0 saturated heterocycles. The molecule has 1 aromatic rings. The van der Waals surface area contributed by atoms with Crippen LogP contribution in [0.1, 0.15) is 53.7 Å². The minimum atomic E-state index is 0.0405. The van der Waals surface area contributed by atoms with Gasteiger partial charge in [-0.1, -0.05) is 37.1 Å². The highest BCUT2D eigenvalue weighted by molar-refractivity contribution is 5.99. The van der Waals surface area contributed by atoms with Gasteiger partial charge < -0.3 is 5.32 Å². The van der Waals surface area contributed by atoms with Gasteiger partial charge in [0.15, 0.2) is 0 Å². The lowest BCUT2D eigenvalue weighted by Crippen LogP contribution is -2.24. The van der Waals surface area contributed by atoms with Gasteiger partial charge in [-0.25, -0.2) is 0 Å². The Labute approximate surface area is 103 Å². The van der Waals surface area contributed by atoms with Crippen LogP contribution >= 0.6 is 0 Å². The predicted octanol–water partition coefficient (Wildman–Crippen LogP) is 3.27. The standard InChI is InChI=1S/C15H19NO/c1-9(2)12-5-10(3)6-14-13(12)7-11(4)8-16-15(14)17/h5-7,9H,8H2,1-4H3,(H,16,17). The van der Waals surface area contributed by atoms with E-state index in [9.17, 15) is 4.79 Å². The Balaban J connectivity index is 2.71. The Morgan fingerprint density at radius 3 is 2.59 bits per heavy atom. The third-order valence-corrected chi connectivity index (χ3v) is 3.14. The van der Waals surface area contributed by atoms with Crippen LogP contribution in [-0.2, 0) is 0 Å². The van der Waals surface area contributed by atoms with Crippen molar-refractivity contribution in [1.82, 2.24) is 5.32 Å². The topological polar surface area (TPSA) is 29.1 Å². The van der Waals surface area contributed by atoms with Crippen molar-refractivity contribution in [3.05, 3.63) is 40.0 Å². The summed E-state index contributed by atoms with van der Waals surface area (Å²) in [7, 11) is 0. The van der Waals surface area contributed by atoms with Gasteiger partial charge >= 0.3 is 0 Å². The predicted molar refractivity (Wildman–Crippen MR) is 71.3 cm³/mol. The fourth-order valence-corrected chi connectivity index (χ4v) is 2.26. The minimum Gasteiger partial charge on any atom is -0.348 e. The molecule has 0 aromatic heterocycles. The van der Waals surface area contributed by atoms with Gasteiger partial charge in [-0.05, 0) is 37.0 Å². The van der Waals surface area contributed by atoms with Crippen molar-refractivity contribution in [2.24, 2.45) is 0 Å². The van der Waals surface area contributed by atoms with Crippen molar-refractivity contribution in [2.45, 2.75) is 33.6 Å². The van der Waals surface area contributed by atoms with Crippen molar-refractivity contribution in [3.8, 4) is 0 Å². The number of hydrogen-bond donors (Lipinski definition) is 1. The van der Waals surface area contributed by atoms with Crippen molar-refractivity contribution in [1.29, 1.82) is 0 Å². The van der Waals surface area contributed by atoms with Gasteiger partial charge in [-0.15, -0.1) is 0 Å². The Morgan fingerprint density at radius 1 is 1.24 bits per heavy atom. The second-order valence-electron chi connectivity index (χ2n) is 5.14. The Morgan fingerprint density at radius 2 is 1.94 bits per heavy atom. The maximum atomic E-state index is 12.0. The van der Waals surface area contributed by atoms with Crippen molar-refractivity contribution in [3.63, 3.8) is 0 Å². The molecule has 0 radical (unpaired) electrons. The molecule has 0 unspecified atom stereocenters. The van der Waals surface area contributed by atoms with E-state index >= 15 is 0 Å². The minimum absolute atomic E-state index is 0.0405. The molecule has 1 amide bonds. The number of nitrogens with one attached hydrogen (secondary N) is 1. The van der Waals surface area contributed by atoms with E-state index in [0.717, 1.165) is 16.7 Å². The Bertz CT molecular complexity index is 498. The fourth-order valence-electron chi connectivity index (χ4n) is 2.26. The summed E-state index contributed by atoms with van der Waals surface area (Å²) >= 11 is 0. The van der Waals surface area contributed by atoms with Gasteiger partial charge in [-0.2, -0.15) is 0 Å². The van der Waals surface area contributed by atoms with Crippen LogP contribution in [0.5, 0.6) is 0 Å². The van der Waals surface area contributed by atoms with E-state index in [1.165, 1.54) is 11.1 Å². The lowest BCUT2D eigenvalue weighted by atomic mass is 9.90. The van der Waals surface area contributed by atoms with Crippen LogP contribution in [0.4, 0.5) is 0 Å². The molecule has 0 bridgehead atoms. The van der Waals surface area contributed by atoms with Gasteiger partial charge in [0, 0.05) is 12.1 Å². The summed E-state index contributed by atoms with van der Waals surface area (Å²) in [4.78, 5) is 12.0. The average molecular weight is 229 g/mol. The van der Waals surface area contributed by atoms with Crippen LogP contribution in [0.2, 0.25) is 0 Å². The molecule has 2 nitrogen and oxygen atoms in total. The lowest BCUT2D eigenvalue weighted by molar-refractivity contribution is 0.0957. The van der Waals surface area contributed by atoms with Crippen molar-refractivity contribution in [2.75, 3.05) is 6.54 Å². The zero-order chi connectivity index (χ0) is 12.6. The molecule has 0 saturated carbocycles. The van der Waals surface area contributed by atoms with Crippen molar-refractivity contribution < 1.29 is 4.79 Å². The van der Waals surface area contributed by atoms with E-state index in [4.69, 9.17) is 0 Å². The highest BCUT2D eigenvalue weighted by atomic mass is 16.1. The monoisotopic (exact) mass is 229 g/mol. The summed E-state index contributed by atoms with van der Waals surface area (Å²) in [5.41, 5.74) is 5.51. The van der Waals surface area contributed by atoms with Gasteiger partial charge in [0.1, 0.15) is 0 Å². The largest absolute Gasteiger partial charge is 0.348 e. The summed E-state index contributed by atoms with van der Waals surface area (Å²) in [5.74, 6) is 0.470. The van der Waals surface area contributed by atoms with E-state index in [-0.39, 0.29) is 5.91 Å². The third-order valence-electron chi connectivity index (χ3n) is 3.14. The second kappa shape index (κ2) is 4.36. The first-order valence-corrected chi connectivity index (χ1v) is 6.09. The van der Waals surface area contributed by atoms with Crippen LogP contribution in [0, 0.1) is 6.92 Å². The molecule has 0 spiro atoms. The normalized spacial score (nSPS) is 15.1. The maximum absolute atomic E-state index is 12.0. The number of fused-ring (bicyclic) bond motifs is 1. The highest BCUT2D eigenvalue weighted by Gasteiger charge is 2.18. The summed E-state index contributed by atoms with van der Waals surface area (Å²) < 4.78 is 0. The SMILES string of the molecule is CC1=Cc2c(cc(C)cc2C(C)C)C(=O)NC1. The van der Waals surface area contributed by atoms with E-state index in [1.807, 2.05) is 13.0 Å². The molecule has 0 atom stereocenters. The first kappa shape index (κ1) is 11.9. The molecule has 1 aliphatic rings. The quantitative estimate of drug-likeness (QED) is 0.786. The van der Waals surface area contributed by atoms with E-state index in [1.54, 1.807) is 0 Å². The number of carbonyl (C=O) groups is 1. The van der Waals surface area contributed by atoms with Crippen LogP contribution in [0.25, 0.3) is 6.08 Å². The number of amides is 1. The Kier molecular flexibility index (Phi) is 3.05. The zero-order valence-corrected chi connectivity index (χ0v) is 10.9. The molecular formula is C15H19NO. The molecule has 1 aliphatic heterocycles. The molecule has 17 heavy (non-hydrogen) atoms. The first-order chi connectivity index (χ1) is 7.99. The summed E-state index contributed by atoms with van der Waals surface area (Å²) in [6.07, 6.45) is 2.14. The highest BCUT2D eigenvalue weighted by Crippen LogP contribution is 2.28. The van der Waals surface area contributed by atoms with Crippen LogP contribution < -0.4 is 5.32 Å². The van der Waals surface area contributed by atoms with Crippen LogP contribution in [0.15, 0.2) is 17.7 Å². The lowest BCUT2D eigenvalue weighted by Gasteiger charge is -2.14. The van der Waals surface area contributed by atoms with E-state index in [0.29, 0.717) is 12.5 Å². The molecule has 2 heteroatoms. The number of carbonyl (C=O) groups excluding carboxylic acids is 1. The smallest absolute Gasteiger partial charge is 0.252 e. The summed E-state index contributed by atoms with van der Waals surface area (Å²) in [6.45, 7) is 9.08. The number of aryl methyl sites for hydroxylation is 1. The summed E-state index contributed by atoms with van der Waals surface area (Å²) in [5, 5.41) is 2.94. The molecule has 0 aliphatic carbocycles. The average Bonchev–Trinajstić information content (AvgIpc) is 2.39. The van der Waals surface area contributed by atoms with Gasteiger partial charge in [0.05, 0.1) is 0 Å². The number of rotatable bonds is 1. The maximum Gasteiger partial charge on any atom is 0.252 e. The van der Waals surface area contributed by atoms with Crippen molar-refractivity contribution >= 4 is 12.0 Å². The number of hydrogen-bond acceptors (Lipinski definition) is 1. The molecule has 2 rings (SSSR count). The summed E-state index contributed by atoms with van der Waals surface area (Å²) in [6, 6.07) is 4.16.